The molecular weight excluding hydrogens is 580 g/mol. The van der Waals surface area contributed by atoms with E-state index < -0.39 is 6.04 Å². The quantitative estimate of drug-likeness (QED) is 0.179. The van der Waals surface area contributed by atoms with Gasteiger partial charge in [0.15, 0.2) is 0 Å². The predicted octanol–water partition coefficient (Wildman–Crippen LogP) is 3.08. The normalized spacial score (nSPS) is 19.0. The molecule has 1 saturated carbocycles. The second-order valence-electron chi connectivity index (χ2n) is 12.3. The number of hydrogen-bond donors (Lipinski definition) is 5. The SMILES string of the molecule is Cc1cc(N2CCNCC2)ncc1-c1ccc(C[C@H](NC(=O)C2CCC(CN)CC2)C(=O)Nc2ccc(-c3nn[nH]n3)cc2)cc1. The Bertz CT molecular complexity index is 1590. The van der Waals surface area contributed by atoms with Crippen LogP contribution in [0.5, 0.6) is 0 Å². The third-order valence-corrected chi connectivity index (χ3v) is 9.18. The van der Waals surface area contributed by atoms with Crippen LogP contribution < -0.4 is 26.6 Å². The van der Waals surface area contributed by atoms with Gasteiger partial charge in [-0.1, -0.05) is 24.3 Å². The lowest BCUT2D eigenvalue weighted by atomic mass is 9.81. The number of aromatic nitrogens is 5. The molecule has 0 radical (unpaired) electrons. The van der Waals surface area contributed by atoms with Gasteiger partial charge in [0, 0.05) is 61.5 Å². The number of nitrogens with zero attached hydrogens (tertiary/aromatic N) is 5. The fourth-order valence-corrected chi connectivity index (χ4v) is 6.34. The van der Waals surface area contributed by atoms with Gasteiger partial charge in [-0.05, 0) is 97.3 Å². The highest BCUT2D eigenvalue weighted by Gasteiger charge is 2.29. The van der Waals surface area contributed by atoms with Gasteiger partial charge in [0.2, 0.25) is 17.6 Å². The number of aromatic amines is 1. The molecule has 0 bridgehead atoms. The molecule has 6 N–H and O–H groups in total. The van der Waals surface area contributed by atoms with Gasteiger partial charge in [0.05, 0.1) is 0 Å². The number of nitrogens with one attached hydrogen (secondary N) is 4. The van der Waals surface area contributed by atoms with Crippen LogP contribution in [0.2, 0.25) is 0 Å². The van der Waals surface area contributed by atoms with Crippen molar-refractivity contribution in [1.29, 1.82) is 0 Å². The lowest BCUT2D eigenvalue weighted by molar-refractivity contribution is -0.130. The van der Waals surface area contributed by atoms with Gasteiger partial charge >= 0.3 is 0 Å². The molecule has 1 aliphatic carbocycles. The van der Waals surface area contributed by atoms with Crippen molar-refractivity contribution in [3.05, 3.63) is 71.9 Å². The number of carbonyl (C=O) groups is 2. The minimum absolute atomic E-state index is 0.0778. The van der Waals surface area contributed by atoms with Crippen molar-refractivity contribution < 1.29 is 9.59 Å². The molecule has 2 amide bonds. The molecule has 0 spiro atoms. The van der Waals surface area contributed by atoms with Crippen LogP contribution >= 0.6 is 0 Å². The van der Waals surface area contributed by atoms with Gasteiger partial charge < -0.3 is 26.6 Å². The number of tetrazole rings is 1. The van der Waals surface area contributed by atoms with Gasteiger partial charge in [-0.2, -0.15) is 5.21 Å². The van der Waals surface area contributed by atoms with Crippen LogP contribution in [0.15, 0.2) is 60.8 Å². The molecule has 3 heterocycles. The maximum absolute atomic E-state index is 13.6. The summed E-state index contributed by atoms with van der Waals surface area (Å²) in [6.07, 6.45) is 5.75. The Morgan fingerprint density at radius 3 is 2.37 bits per heavy atom. The summed E-state index contributed by atoms with van der Waals surface area (Å²) >= 11 is 0. The molecule has 2 fully saturated rings. The third-order valence-electron chi connectivity index (χ3n) is 9.18. The van der Waals surface area contributed by atoms with Crippen LogP contribution in [0.25, 0.3) is 22.5 Å². The van der Waals surface area contributed by atoms with Gasteiger partial charge in [-0.25, -0.2) is 4.98 Å². The van der Waals surface area contributed by atoms with Crippen molar-refractivity contribution in [1.82, 2.24) is 36.2 Å². The van der Waals surface area contributed by atoms with E-state index in [9.17, 15) is 9.59 Å². The first-order chi connectivity index (χ1) is 22.5. The van der Waals surface area contributed by atoms with Gasteiger partial charge in [-0.15, -0.1) is 10.2 Å². The van der Waals surface area contributed by atoms with E-state index in [-0.39, 0.29) is 17.7 Å². The van der Waals surface area contributed by atoms with Crippen LogP contribution in [-0.2, 0) is 16.0 Å². The molecule has 2 aromatic heterocycles. The predicted molar refractivity (Wildman–Crippen MR) is 178 cm³/mol. The van der Waals surface area contributed by atoms with E-state index in [2.05, 4.69) is 66.6 Å². The first-order valence-electron chi connectivity index (χ1n) is 16.1. The number of hydrogen-bond acceptors (Lipinski definition) is 9. The van der Waals surface area contributed by atoms with Gasteiger partial charge in [-0.3, -0.25) is 9.59 Å². The van der Waals surface area contributed by atoms with Crippen LogP contribution in [0, 0.1) is 18.8 Å². The zero-order valence-corrected chi connectivity index (χ0v) is 26.2. The molecule has 12 heteroatoms. The van der Waals surface area contributed by atoms with Crippen LogP contribution in [-0.4, -0.2) is 76.2 Å². The topological polar surface area (TPSA) is 167 Å². The van der Waals surface area contributed by atoms with Crippen molar-refractivity contribution >= 4 is 23.3 Å². The summed E-state index contributed by atoms with van der Waals surface area (Å²) in [5.41, 5.74) is 11.5. The second kappa shape index (κ2) is 14.6. The number of pyridine rings is 1. The number of amides is 2. The molecule has 2 aromatic carbocycles. The maximum Gasteiger partial charge on any atom is 0.247 e. The molecule has 1 saturated heterocycles. The summed E-state index contributed by atoms with van der Waals surface area (Å²) in [6, 6.07) is 16.8. The number of benzene rings is 2. The van der Waals surface area contributed by atoms with Gasteiger partial charge in [0.1, 0.15) is 11.9 Å². The number of H-pyrrole nitrogens is 1. The van der Waals surface area contributed by atoms with E-state index in [1.54, 1.807) is 12.1 Å². The summed E-state index contributed by atoms with van der Waals surface area (Å²) in [5, 5.41) is 23.5. The van der Waals surface area contributed by atoms with E-state index in [1.165, 1.54) is 0 Å². The van der Waals surface area contributed by atoms with Crippen molar-refractivity contribution in [2.45, 2.75) is 45.1 Å². The van der Waals surface area contributed by atoms with E-state index in [4.69, 9.17) is 10.7 Å². The van der Waals surface area contributed by atoms with Crippen LogP contribution in [0.1, 0.15) is 36.8 Å². The van der Waals surface area contributed by atoms with E-state index >= 15 is 0 Å². The highest BCUT2D eigenvalue weighted by Crippen LogP contribution is 2.29. The summed E-state index contributed by atoms with van der Waals surface area (Å²) in [4.78, 5) is 34.1. The monoisotopic (exact) mass is 622 g/mol. The minimum atomic E-state index is -0.746. The highest BCUT2D eigenvalue weighted by molar-refractivity contribution is 5.97. The Morgan fingerprint density at radius 1 is 1.00 bits per heavy atom. The summed E-state index contributed by atoms with van der Waals surface area (Å²) < 4.78 is 0. The molecule has 12 nitrogen and oxygen atoms in total. The zero-order chi connectivity index (χ0) is 31.9. The molecule has 0 unspecified atom stereocenters. The highest BCUT2D eigenvalue weighted by atomic mass is 16.2. The average molecular weight is 623 g/mol. The van der Waals surface area contributed by atoms with Crippen molar-refractivity contribution in [3.63, 3.8) is 0 Å². The zero-order valence-electron chi connectivity index (χ0n) is 26.2. The van der Waals surface area contributed by atoms with Crippen molar-refractivity contribution in [3.8, 4) is 22.5 Å². The summed E-state index contributed by atoms with van der Waals surface area (Å²) in [5.74, 6) is 1.47. The molecular formula is C34H42N10O2. The Labute approximate surface area is 268 Å². The summed E-state index contributed by atoms with van der Waals surface area (Å²) in [6.45, 7) is 6.59. The van der Waals surface area contributed by atoms with Gasteiger partial charge in [0.25, 0.3) is 0 Å². The fraction of sp³-hybridized carbons (Fsp3) is 0.412. The lowest BCUT2D eigenvalue weighted by Crippen LogP contribution is -2.48. The Kier molecular flexibility index (Phi) is 9.94. The van der Waals surface area contributed by atoms with Crippen molar-refractivity contribution in [2.75, 3.05) is 42.9 Å². The molecule has 1 atom stereocenters. The molecule has 4 aromatic rings. The first-order valence-corrected chi connectivity index (χ1v) is 16.1. The number of rotatable bonds is 10. The maximum atomic E-state index is 13.6. The Morgan fingerprint density at radius 2 is 1.72 bits per heavy atom. The number of aryl methyl sites for hydroxylation is 1. The standard InChI is InChI=1S/C34H42N10O2/c1-22-18-31(44-16-14-36-15-17-44)37-21-29(22)25-6-2-23(3-7-25)19-30(39-33(45)27-8-4-24(20-35)5-9-27)34(46)38-28-12-10-26(11-13-28)32-40-42-43-41-32/h2-3,6-7,10-13,18,21,24,27,30,36H,4-5,8-9,14-17,19-20,35H2,1H3,(H,38,46)(H,39,45)(H,40,41,42,43)/t24?,27?,30-/m0/s1. The molecule has 240 valence electrons. The third kappa shape index (κ3) is 7.57. The van der Waals surface area contributed by atoms with Crippen LogP contribution in [0.3, 0.4) is 0 Å². The average Bonchev–Trinajstić information content (AvgIpc) is 3.64. The van der Waals surface area contributed by atoms with E-state index in [1.807, 2.05) is 30.5 Å². The molecule has 6 rings (SSSR count). The molecule has 46 heavy (non-hydrogen) atoms. The molecule has 1 aliphatic heterocycles. The second-order valence-corrected chi connectivity index (χ2v) is 12.3. The minimum Gasteiger partial charge on any atom is -0.354 e. The number of nitrogens with two attached hydrogens (primary N) is 1. The Hall–Kier alpha value is -4.68. The van der Waals surface area contributed by atoms with E-state index in [0.29, 0.717) is 30.4 Å². The van der Waals surface area contributed by atoms with E-state index in [0.717, 1.165) is 85.5 Å². The lowest BCUT2D eigenvalue weighted by Gasteiger charge is -2.29. The summed E-state index contributed by atoms with van der Waals surface area (Å²) in [7, 11) is 0. The number of carbonyl (C=O) groups excluding carboxylic acids is 2. The van der Waals surface area contributed by atoms with Crippen molar-refractivity contribution in [2.24, 2.45) is 17.6 Å². The van der Waals surface area contributed by atoms with Crippen LogP contribution in [0.4, 0.5) is 11.5 Å². The number of anilines is 2. The Balaban J connectivity index is 1.16. The fourth-order valence-electron chi connectivity index (χ4n) is 6.34. The number of piperazine rings is 1. The largest absolute Gasteiger partial charge is 0.354 e. The first kappa shape index (κ1) is 31.3. The smallest absolute Gasteiger partial charge is 0.247 e. The molecule has 2 aliphatic rings.